The molecule has 10 heteroatoms. The van der Waals surface area contributed by atoms with E-state index >= 15 is 0 Å². The third-order valence-corrected chi connectivity index (χ3v) is 6.99. The van der Waals surface area contributed by atoms with E-state index in [1.807, 2.05) is 24.3 Å². The molecule has 0 unspecified atom stereocenters. The van der Waals surface area contributed by atoms with Gasteiger partial charge in [-0.05, 0) is 23.8 Å². The summed E-state index contributed by atoms with van der Waals surface area (Å²) in [5, 5.41) is 25.5. The molecule has 3 aromatic heterocycles. The van der Waals surface area contributed by atoms with Crippen molar-refractivity contribution in [3.63, 3.8) is 0 Å². The Morgan fingerprint density at radius 2 is 1.94 bits per heavy atom. The number of aliphatic hydroxyl groups excluding tert-OH is 1. The number of nitrogens with zero attached hydrogens (tertiary/aromatic N) is 5. The van der Waals surface area contributed by atoms with Gasteiger partial charge in [-0.2, -0.15) is 9.50 Å². The molecule has 1 aromatic carbocycles. The van der Waals surface area contributed by atoms with Crippen LogP contribution in [0.2, 0.25) is 5.02 Å². The van der Waals surface area contributed by atoms with Gasteiger partial charge in [-0.3, -0.25) is 9.80 Å². The molecule has 5 rings (SSSR count). The van der Waals surface area contributed by atoms with Crippen LogP contribution < -0.4 is 0 Å². The number of piperazine rings is 1. The lowest BCUT2D eigenvalue weighted by atomic mass is 10.0. The second kappa shape index (κ2) is 8.60. The molecule has 1 saturated heterocycles. The zero-order valence-electron chi connectivity index (χ0n) is 16.7. The number of halogens is 1. The van der Waals surface area contributed by atoms with Crippen molar-refractivity contribution in [1.82, 2.24) is 24.4 Å². The maximum Gasteiger partial charge on any atom is 0.230 e. The number of thiazole rings is 1. The minimum absolute atomic E-state index is 0.0630. The quantitative estimate of drug-likeness (QED) is 0.458. The summed E-state index contributed by atoms with van der Waals surface area (Å²) >= 11 is 7.99. The van der Waals surface area contributed by atoms with Gasteiger partial charge in [-0.25, -0.2) is 0 Å². The summed E-state index contributed by atoms with van der Waals surface area (Å²) in [7, 11) is 0. The first-order valence-electron chi connectivity index (χ1n) is 10.1. The molecule has 0 amide bonds. The highest BCUT2D eigenvalue weighted by Gasteiger charge is 2.33. The Morgan fingerprint density at radius 1 is 1.13 bits per heavy atom. The van der Waals surface area contributed by atoms with E-state index in [0.29, 0.717) is 28.1 Å². The van der Waals surface area contributed by atoms with Crippen molar-refractivity contribution in [1.29, 1.82) is 0 Å². The molecule has 0 spiro atoms. The zero-order valence-corrected chi connectivity index (χ0v) is 18.3. The van der Waals surface area contributed by atoms with Crippen molar-refractivity contribution in [2.24, 2.45) is 0 Å². The van der Waals surface area contributed by atoms with Crippen molar-refractivity contribution in [3.8, 4) is 17.5 Å². The van der Waals surface area contributed by atoms with Gasteiger partial charge < -0.3 is 14.6 Å². The lowest BCUT2D eigenvalue weighted by Gasteiger charge is -2.39. The Hall–Kier alpha value is -2.43. The number of rotatable bonds is 6. The Morgan fingerprint density at radius 3 is 2.61 bits per heavy atom. The van der Waals surface area contributed by atoms with E-state index in [0.717, 1.165) is 36.6 Å². The van der Waals surface area contributed by atoms with Crippen molar-refractivity contribution in [2.75, 3.05) is 39.3 Å². The molecule has 0 aliphatic carbocycles. The summed E-state index contributed by atoms with van der Waals surface area (Å²) in [4.78, 5) is 10.4. The van der Waals surface area contributed by atoms with Gasteiger partial charge in [0.2, 0.25) is 16.7 Å². The van der Waals surface area contributed by atoms with Crippen molar-refractivity contribution in [3.05, 3.63) is 58.1 Å². The standard InChI is InChI=1S/C21H22ClN5O3S/c22-15-5-2-1-4-14(15)17(26-9-7-25(8-10-26)11-12-28)18-20(29)27-21(31-18)23-19(24-27)16-6-3-13-30-16/h1-6,13,17,28-29H,7-12H2/t17-/m1/s1. The Kier molecular flexibility index (Phi) is 5.68. The van der Waals surface area contributed by atoms with E-state index in [9.17, 15) is 10.2 Å². The molecule has 2 N–H and O–H groups in total. The Labute approximate surface area is 187 Å². The molecule has 31 heavy (non-hydrogen) atoms. The van der Waals surface area contributed by atoms with Crippen molar-refractivity contribution < 1.29 is 14.6 Å². The Bertz CT molecular complexity index is 1170. The maximum atomic E-state index is 11.1. The minimum Gasteiger partial charge on any atom is -0.492 e. The molecule has 4 aromatic rings. The van der Waals surface area contributed by atoms with E-state index < -0.39 is 0 Å². The third-order valence-electron chi connectivity index (χ3n) is 5.58. The fourth-order valence-electron chi connectivity index (χ4n) is 4.03. The second-order valence-corrected chi connectivity index (χ2v) is 8.84. The van der Waals surface area contributed by atoms with Crippen LogP contribution in [-0.4, -0.2) is 73.9 Å². The van der Waals surface area contributed by atoms with Crippen LogP contribution in [0.5, 0.6) is 5.88 Å². The fraction of sp³-hybridized carbons (Fsp3) is 0.333. The third kappa shape index (κ3) is 3.83. The number of aliphatic hydroxyl groups is 1. The number of fused-ring (bicyclic) bond motifs is 1. The van der Waals surface area contributed by atoms with Gasteiger partial charge in [0.15, 0.2) is 5.76 Å². The minimum atomic E-state index is -0.217. The molecule has 0 bridgehead atoms. The molecule has 1 atom stereocenters. The van der Waals surface area contributed by atoms with Crippen LogP contribution in [0.1, 0.15) is 16.5 Å². The van der Waals surface area contributed by atoms with Gasteiger partial charge in [0.05, 0.1) is 23.8 Å². The summed E-state index contributed by atoms with van der Waals surface area (Å²) in [6.07, 6.45) is 1.57. The summed E-state index contributed by atoms with van der Waals surface area (Å²) < 4.78 is 6.84. The van der Waals surface area contributed by atoms with E-state index in [1.165, 1.54) is 15.9 Å². The highest BCUT2D eigenvalue weighted by atomic mass is 35.5. The Balaban J connectivity index is 1.54. The van der Waals surface area contributed by atoms with Crippen LogP contribution >= 0.6 is 22.9 Å². The SMILES string of the molecule is OCCN1CCN([C@H](c2ccccc2Cl)c2sc3nc(-c4ccco4)nn3c2O)CC1. The van der Waals surface area contributed by atoms with E-state index in [4.69, 9.17) is 16.0 Å². The van der Waals surface area contributed by atoms with Crippen LogP contribution in [0.4, 0.5) is 0 Å². The van der Waals surface area contributed by atoms with Gasteiger partial charge in [0.25, 0.3) is 0 Å². The molecule has 8 nitrogen and oxygen atoms in total. The lowest BCUT2D eigenvalue weighted by Crippen LogP contribution is -2.48. The number of aromatic nitrogens is 3. The first kappa shape index (κ1) is 20.5. The topological polar surface area (TPSA) is 90.3 Å². The van der Waals surface area contributed by atoms with E-state index in [2.05, 4.69) is 19.9 Å². The molecule has 1 aliphatic heterocycles. The average molecular weight is 460 g/mol. The molecule has 1 fully saturated rings. The summed E-state index contributed by atoms with van der Waals surface area (Å²) in [6, 6.07) is 11.1. The van der Waals surface area contributed by atoms with Crippen molar-refractivity contribution in [2.45, 2.75) is 6.04 Å². The summed E-state index contributed by atoms with van der Waals surface area (Å²) in [5.74, 6) is 1.05. The van der Waals surface area contributed by atoms with E-state index in [1.54, 1.807) is 18.4 Å². The number of hydrogen-bond donors (Lipinski definition) is 2. The van der Waals surface area contributed by atoms with Gasteiger partial charge in [0, 0.05) is 37.7 Å². The molecule has 162 valence electrons. The first-order chi connectivity index (χ1) is 15.2. The average Bonchev–Trinajstić information content (AvgIpc) is 3.50. The predicted octanol–water partition coefficient (Wildman–Crippen LogP) is 3.11. The largest absolute Gasteiger partial charge is 0.492 e. The number of hydrogen-bond acceptors (Lipinski definition) is 8. The molecular formula is C21H22ClN5O3S. The van der Waals surface area contributed by atoms with Gasteiger partial charge in [0.1, 0.15) is 0 Å². The molecule has 4 heterocycles. The normalized spacial score (nSPS) is 16.8. The zero-order chi connectivity index (χ0) is 21.4. The fourth-order valence-corrected chi connectivity index (χ4v) is 5.37. The highest BCUT2D eigenvalue weighted by molar-refractivity contribution is 7.17. The smallest absolute Gasteiger partial charge is 0.230 e. The van der Waals surface area contributed by atoms with Crippen LogP contribution in [0.25, 0.3) is 16.5 Å². The summed E-state index contributed by atoms with van der Waals surface area (Å²) in [6.45, 7) is 4.08. The van der Waals surface area contributed by atoms with Crippen LogP contribution in [0.3, 0.4) is 0 Å². The number of furan rings is 1. The molecular weight excluding hydrogens is 438 g/mol. The number of aromatic hydroxyl groups is 1. The van der Waals surface area contributed by atoms with Gasteiger partial charge in [-0.1, -0.05) is 41.1 Å². The van der Waals surface area contributed by atoms with Crippen LogP contribution in [0, 0.1) is 0 Å². The first-order valence-corrected chi connectivity index (χ1v) is 11.3. The predicted molar refractivity (Wildman–Crippen MR) is 119 cm³/mol. The molecule has 0 saturated carbocycles. The van der Waals surface area contributed by atoms with E-state index in [-0.39, 0.29) is 18.5 Å². The summed E-state index contributed by atoms with van der Waals surface area (Å²) in [5.41, 5.74) is 0.936. The lowest BCUT2D eigenvalue weighted by molar-refractivity contribution is 0.0946. The second-order valence-electron chi connectivity index (χ2n) is 7.42. The van der Waals surface area contributed by atoms with Crippen molar-refractivity contribution >= 4 is 27.9 Å². The molecule has 0 radical (unpaired) electrons. The maximum absolute atomic E-state index is 11.1. The van der Waals surface area contributed by atoms with Crippen LogP contribution in [-0.2, 0) is 0 Å². The van der Waals surface area contributed by atoms with Crippen LogP contribution in [0.15, 0.2) is 47.1 Å². The number of benzene rings is 1. The monoisotopic (exact) mass is 459 g/mol. The van der Waals surface area contributed by atoms with Gasteiger partial charge >= 0.3 is 0 Å². The van der Waals surface area contributed by atoms with Gasteiger partial charge in [-0.15, -0.1) is 5.10 Å². The number of β-amino-alcohol motifs (C(OH)–C–C–N with tert-alkyl or cyclic N) is 1. The molecule has 1 aliphatic rings. The highest BCUT2D eigenvalue weighted by Crippen LogP contribution is 2.42.